The monoisotopic (exact) mass is 307 g/mol. The van der Waals surface area contributed by atoms with Crippen molar-refractivity contribution in [2.45, 2.75) is 27.2 Å². The van der Waals surface area contributed by atoms with E-state index in [1.165, 1.54) is 5.56 Å². The Labute approximate surface area is 136 Å². The molecule has 4 atom stereocenters. The second-order valence-electron chi connectivity index (χ2n) is 7.22. The molecule has 2 bridgehead atoms. The third kappa shape index (κ3) is 2.10. The van der Waals surface area contributed by atoms with Crippen LogP contribution in [0.25, 0.3) is 0 Å². The maximum atomic E-state index is 12.7. The van der Waals surface area contributed by atoms with Gasteiger partial charge in [0.05, 0.1) is 5.57 Å². The fourth-order valence-electron chi connectivity index (χ4n) is 4.66. The fraction of sp³-hybridized carbons (Fsp3) is 0.400. The minimum absolute atomic E-state index is 0.00552. The van der Waals surface area contributed by atoms with Crippen LogP contribution in [0.15, 0.2) is 35.9 Å². The topological polar surface area (TPSA) is 46.2 Å². The van der Waals surface area contributed by atoms with Gasteiger partial charge in [-0.15, -0.1) is 0 Å². The molecule has 1 amide bonds. The van der Waals surface area contributed by atoms with Gasteiger partial charge < -0.3 is 5.32 Å². The summed E-state index contributed by atoms with van der Waals surface area (Å²) in [5.41, 5.74) is 4.42. The third-order valence-corrected chi connectivity index (χ3v) is 5.61. The molecular formula is C20H21NO2. The van der Waals surface area contributed by atoms with E-state index in [2.05, 4.69) is 17.5 Å². The number of aryl methyl sites for hydroxylation is 3. The molecule has 3 nitrogen and oxygen atoms in total. The van der Waals surface area contributed by atoms with Crippen molar-refractivity contribution in [3.63, 3.8) is 0 Å². The molecule has 1 N–H and O–H groups in total. The molecule has 0 aliphatic heterocycles. The lowest BCUT2D eigenvalue weighted by Gasteiger charge is -2.18. The van der Waals surface area contributed by atoms with Crippen molar-refractivity contribution in [1.29, 1.82) is 0 Å². The molecule has 0 heterocycles. The van der Waals surface area contributed by atoms with Crippen molar-refractivity contribution in [3.05, 3.63) is 52.6 Å². The maximum Gasteiger partial charge on any atom is 0.258 e. The molecule has 1 fully saturated rings. The summed E-state index contributed by atoms with van der Waals surface area (Å²) in [5.74, 6) is 0.805. The Hall–Kier alpha value is -2.16. The van der Waals surface area contributed by atoms with Gasteiger partial charge in [-0.3, -0.25) is 9.59 Å². The van der Waals surface area contributed by atoms with Crippen LogP contribution in [0.4, 0.5) is 5.69 Å². The minimum atomic E-state index is -0.251. The smallest absolute Gasteiger partial charge is 0.258 e. The van der Waals surface area contributed by atoms with E-state index in [1.54, 1.807) is 0 Å². The van der Waals surface area contributed by atoms with Crippen molar-refractivity contribution >= 4 is 17.4 Å². The van der Waals surface area contributed by atoms with Crippen LogP contribution in [0.1, 0.15) is 23.1 Å². The predicted octanol–water partition coefficient (Wildman–Crippen LogP) is 3.50. The van der Waals surface area contributed by atoms with E-state index in [4.69, 9.17) is 0 Å². The fourth-order valence-corrected chi connectivity index (χ4v) is 4.66. The number of carbonyl (C=O) groups excluding carboxylic acids is 2. The molecule has 0 unspecified atom stereocenters. The molecule has 0 radical (unpaired) electrons. The van der Waals surface area contributed by atoms with E-state index in [0.717, 1.165) is 23.2 Å². The van der Waals surface area contributed by atoms with E-state index in [9.17, 15) is 9.59 Å². The highest BCUT2D eigenvalue weighted by molar-refractivity contribution is 6.25. The van der Waals surface area contributed by atoms with Crippen LogP contribution < -0.4 is 5.32 Å². The molecule has 118 valence electrons. The number of anilines is 1. The molecule has 3 aliphatic rings. The molecule has 1 aromatic rings. The number of benzene rings is 1. The Kier molecular flexibility index (Phi) is 3.09. The molecule has 1 aromatic carbocycles. The van der Waals surface area contributed by atoms with Gasteiger partial charge in [-0.1, -0.05) is 35.9 Å². The van der Waals surface area contributed by atoms with E-state index < -0.39 is 0 Å². The summed E-state index contributed by atoms with van der Waals surface area (Å²) in [6, 6.07) is 4.10. The van der Waals surface area contributed by atoms with Crippen molar-refractivity contribution in [2.24, 2.45) is 23.7 Å². The summed E-state index contributed by atoms with van der Waals surface area (Å²) in [6.45, 7) is 6.01. The van der Waals surface area contributed by atoms with Crippen LogP contribution in [0.2, 0.25) is 0 Å². The van der Waals surface area contributed by atoms with Crippen molar-refractivity contribution < 1.29 is 9.59 Å². The molecule has 1 saturated carbocycles. The van der Waals surface area contributed by atoms with Gasteiger partial charge in [0.1, 0.15) is 0 Å². The molecule has 0 spiro atoms. The minimum Gasteiger partial charge on any atom is -0.321 e. The van der Waals surface area contributed by atoms with Gasteiger partial charge in [-0.05, 0) is 56.1 Å². The average molecular weight is 307 g/mol. The van der Waals surface area contributed by atoms with E-state index in [-0.39, 0.29) is 23.5 Å². The van der Waals surface area contributed by atoms with Crippen molar-refractivity contribution in [2.75, 3.05) is 5.32 Å². The zero-order chi connectivity index (χ0) is 16.3. The van der Waals surface area contributed by atoms with Gasteiger partial charge in [0.2, 0.25) is 0 Å². The van der Waals surface area contributed by atoms with Gasteiger partial charge >= 0.3 is 0 Å². The van der Waals surface area contributed by atoms with Crippen molar-refractivity contribution in [3.8, 4) is 0 Å². The van der Waals surface area contributed by atoms with E-state index in [0.29, 0.717) is 17.4 Å². The number of allylic oxidation sites excluding steroid dienone is 3. The second kappa shape index (κ2) is 4.92. The molecule has 4 rings (SSSR count). The third-order valence-electron chi connectivity index (χ3n) is 5.61. The standard InChI is InChI=1S/C20H21NO2/c1-10-6-11(2)18(12(3)7-10)21-20(23)16-9-15-13-4-5-14(8-13)17(15)19(16)22/h4-7,9,13-15,17H,8H2,1-3H3,(H,21,23)/t13-,14+,15+,17-/m1/s1. The summed E-state index contributed by atoms with van der Waals surface area (Å²) in [5, 5.41) is 2.97. The Balaban J connectivity index is 1.60. The first-order valence-corrected chi connectivity index (χ1v) is 8.29. The highest BCUT2D eigenvalue weighted by Crippen LogP contribution is 2.53. The number of Topliss-reactive ketones (excluding diaryl/α,β-unsaturated/α-hetero) is 1. The Morgan fingerprint density at radius 3 is 2.39 bits per heavy atom. The predicted molar refractivity (Wildman–Crippen MR) is 90.1 cm³/mol. The molecule has 3 heteroatoms. The lowest BCUT2D eigenvalue weighted by Crippen LogP contribution is -2.25. The Morgan fingerprint density at radius 2 is 1.74 bits per heavy atom. The Bertz CT molecular complexity index is 764. The zero-order valence-electron chi connectivity index (χ0n) is 13.7. The summed E-state index contributed by atoms with van der Waals surface area (Å²) < 4.78 is 0. The van der Waals surface area contributed by atoms with Crippen LogP contribution >= 0.6 is 0 Å². The quantitative estimate of drug-likeness (QED) is 0.671. The second-order valence-corrected chi connectivity index (χ2v) is 7.22. The number of hydrogen-bond donors (Lipinski definition) is 1. The van der Waals surface area contributed by atoms with Crippen LogP contribution in [-0.4, -0.2) is 11.7 Å². The van der Waals surface area contributed by atoms with E-state index >= 15 is 0 Å². The summed E-state index contributed by atoms with van der Waals surface area (Å²) in [4.78, 5) is 25.3. The highest BCUT2D eigenvalue weighted by atomic mass is 16.2. The van der Waals surface area contributed by atoms with Gasteiger partial charge in [0.15, 0.2) is 5.78 Å². The van der Waals surface area contributed by atoms with Crippen LogP contribution in [0.3, 0.4) is 0 Å². The molecular weight excluding hydrogens is 286 g/mol. The number of rotatable bonds is 2. The molecule has 23 heavy (non-hydrogen) atoms. The SMILES string of the molecule is Cc1cc(C)c(NC(=O)C2=C[C@@H]3[C@H](C2=O)[C@H]2C=C[C@@H]3C2)c(C)c1. The number of fused-ring (bicyclic) bond motifs is 5. The first-order valence-electron chi connectivity index (χ1n) is 8.29. The van der Waals surface area contributed by atoms with Crippen molar-refractivity contribution in [1.82, 2.24) is 0 Å². The zero-order valence-corrected chi connectivity index (χ0v) is 13.7. The summed E-state index contributed by atoms with van der Waals surface area (Å²) in [6.07, 6.45) is 7.37. The largest absolute Gasteiger partial charge is 0.321 e. The number of hydrogen-bond acceptors (Lipinski definition) is 2. The van der Waals surface area contributed by atoms with Crippen LogP contribution in [0.5, 0.6) is 0 Å². The summed E-state index contributed by atoms with van der Waals surface area (Å²) >= 11 is 0. The van der Waals surface area contributed by atoms with Gasteiger partial charge in [0.25, 0.3) is 5.91 Å². The maximum absolute atomic E-state index is 12.7. The lowest BCUT2D eigenvalue weighted by molar-refractivity contribution is -0.122. The molecule has 0 aromatic heterocycles. The number of carbonyl (C=O) groups is 2. The molecule has 0 saturated heterocycles. The van der Waals surface area contributed by atoms with Gasteiger partial charge in [0, 0.05) is 11.6 Å². The first kappa shape index (κ1) is 14.4. The highest BCUT2D eigenvalue weighted by Gasteiger charge is 2.52. The Morgan fingerprint density at radius 1 is 1.09 bits per heavy atom. The molecule has 3 aliphatic carbocycles. The number of amides is 1. The van der Waals surface area contributed by atoms with E-state index in [1.807, 2.05) is 39.0 Å². The number of nitrogens with one attached hydrogen (secondary N) is 1. The van der Waals surface area contributed by atoms with Gasteiger partial charge in [-0.2, -0.15) is 0 Å². The van der Waals surface area contributed by atoms with Gasteiger partial charge in [-0.25, -0.2) is 0 Å². The normalized spacial score (nSPS) is 30.6. The van der Waals surface area contributed by atoms with Crippen LogP contribution in [-0.2, 0) is 9.59 Å². The summed E-state index contributed by atoms with van der Waals surface area (Å²) in [7, 11) is 0. The van der Waals surface area contributed by atoms with Crippen LogP contribution in [0, 0.1) is 44.4 Å². The first-order chi connectivity index (χ1) is 11.0. The number of ketones is 1. The lowest BCUT2D eigenvalue weighted by atomic mass is 9.85. The average Bonchev–Trinajstić information content (AvgIpc) is 3.15.